The SMILES string of the molecule is CCCCCCCCCCCCCC[C@H](OC(C)=O)C(=O)OC. The molecule has 23 heavy (non-hydrogen) atoms. The molecule has 4 nitrogen and oxygen atoms in total. The molecule has 0 aliphatic rings. The van der Waals surface area contributed by atoms with Gasteiger partial charge in [0.2, 0.25) is 0 Å². The fraction of sp³-hybridized carbons (Fsp3) is 0.895. The smallest absolute Gasteiger partial charge is 0.347 e. The van der Waals surface area contributed by atoms with Crippen molar-refractivity contribution in [2.45, 2.75) is 103 Å². The van der Waals surface area contributed by atoms with Crippen molar-refractivity contribution >= 4 is 11.9 Å². The molecule has 0 fully saturated rings. The minimum atomic E-state index is -0.736. The second kappa shape index (κ2) is 15.8. The molecule has 0 saturated heterocycles. The van der Waals surface area contributed by atoms with Crippen molar-refractivity contribution in [3.8, 4) is 0 Å². The Morgan fingerprint density at radius 2 is 1.22 bits per heavy atom. The summed E-state index contributed by atoms with van der Waals surface area (Å²) in [7, 11) is 1.32. The van der Waals surface area contributed by atoms with E-state index in [-0.39, 0.29) is 0 Å². The Morgan fingerprint density at radius 3 is 1.61 bits per heavy atom. The number of carbonyl (C=O) groups is 2. The number of ether oxygens (including phenoxy) is 2. The highest BCUT2D eigenvalue weighted by atomic mass is 16.6. The van der Waals surface area contributed by atoms with Gasteiger partial charge in [-0.15, -0.1) is 0 Å². The van der Waals surface area contributed by atoms with Gasteiger partial charge >= 0.3 is 11.9 Å². The predicted molar refractivity (Wildman–Crippen MR) is 93.3 cm³/mol. The van der Waals surface area contributed by atoms with Gasteiger partial charge in [0.1, 0.15) is 0 Å². The Bertz CT molecular complexity index is 302. The van der Waals surface area contributed by atoms with Gasteiger partial charge < -0.3 is 9.47 Å². The van der Waals surface area contributed by atoms with Gasteiger partial charge in [-0.1, -0.05) is 77.6 Å². The molecule has 0 aliphatic carbocycles. The molecular formula is C19H36O4. The van der Waals surface area contributed by atoms with Crippen LogP contribution < -0.4 is 0 Å². The summed E-state index contributed by atoms with van der Waals surface area (Å²) >= 11 is 0. The van der Waals surface area contributed by atoms with Crippen molar-refractivity contribution in [3.63, 3.8) is 0 Å². The van der Waals surface area contributed by atoms with Crippen molar-refractivity contribution in [1.82, 2.24) is 0 Å². The highest BCUT2D eigenvalue weighted by Crippen LogP contribution is 2.14. The monoisotopic (exact) mass is 328 g/mol. The van der Waals surface area contributed by atoms with E-state index < -0.39 is 18.0 Å². The van der Waals surface area contributed by atoms with E-state index in [1.807, 2.05) is 0 Å². The number of unbranched alkanes of at least 4 members (excludes halogenated alkanes) is 11. The average molecular weight is 328 g/mol. The molecule has 0 aromatic carbocycles. The van der Waals surface area contributed by atoms with E-state index in [9.17, 15) is 9.59 Å². The van der Waals surface area contributed by atoms with E-state index in [1.165, 1.54) is 78.2 Å². The first-order valence-corrected chi connectivity index (χ1v) is 9.36. The van der Waals surface area contributed by atoms with Crippen molar-refractivity contribution in [2.75, 3.05) is 7.11 Å². The molecule has 136 valence electrons. The maximum atomic E-state index is 11.5. The molecule has 0 aliphatic heterocycles. The first kappa shape index (κ1) is 21.9. The van der Waals surface area contributed by atoms with Gasteiger partial charge in [0.15, 0.2) is 6.10 Å². The molecule has 0 aromatic heterocycles. The van der Waals surface area contributed by atoms with Crippen LogP contribution in [0.25, 0.3) is 0 Å². The molecule has 0 N–H and O–H groups in total. The zero-order valence-corrected chi connectivity index (χ0v) is 15.4. The summed E-state index contributed by atoms with van der Waals surface area (Å²) in [6.07, 6.45) is 15.1. The van der Waals surface area contributed by atoms with Crippen molar-refractivity contribution in [1.29, 1.82) is 0 Å². The molecule has 0 rings (SSSR count). The van der Waals surface area contributed by atoms with Gasteiger partial charge in [-0.25, -0.2) is 4.79 Å². The average Bonchev–Trinajstić information content (AvgIpc) is 2.53. The van der Waals surface area contributed by atoms with Gasteiger partial charge in [-0.2, -0.15) is 0 Å². The molecule has 1 atom stereocenters. The van der Waals surface area contributed by atoms with Crippen LogP contribution in [0.1, 0.15) is 97.3 Å². The third-order valence-electron chi connectivity index (χ3n) is 4.09. The Kier molecular flexibility index (Phi) is 15.1. The standard InChI is InChI=1S/C19H36O4/c1-4-5-6-7-8-9-10-11-12-13-14-15-16-18(19(21)22-3)23-17(2)20/h18H,4-16H2,1-3H3/t18-/m0/s1. The highest BCUT2D eigenvalue weighted by Gasteiger charge is 2.21. The number of esters is 2. The Balaban J connectivity index is 3.45. The summed E-state index contributed by atoms with van der Waals surface area (Å²) in [5, 5.41) is 0. The summed E-state index contributed by atoms with van der Waals surface area (Å²) in [4.78, 5) is 22.4. The minimum absolute atomic E-state index is 0.431. The van der Waals surface area contributed by atoms with Crippen molar-refractivity contribution in [2.24, 2.45) is 0 Å². The molecule has 0 amide bonds. The number of carbonyl (C=O) groups excluding carboxylic acids is 2. The van der Waals surface area contributed by atoms with Crippen LogP contribution >= 0.6 is 0 Å². The van der Waals surface area contributed by atoms with Crippen molar-refractivity contribution < 1.29 is 19.1 Å². The lowest BCUT2D eigenvalue weighted by Crippen LogP contribution is -2.27. The molecule has 0 spiro atoms. The Labute approximate surface area is 142 Å². The van der Waals surface area contributed by atoms with Crippen LogP contribution in [-0.2, 0) is 19.1 Å². The third-order valence-corrected chi connectivity index (χ3v) is 4.09. The molecule has 0 unspecified atom stereocenters. The zero-order valence-electron chi connectivity index (χ0n) is 15.4. The van der Waals surface area contributed by atoms with E-state index >= 15 is 0 Å². The van der Waals surface area contributed by atoms with Crippen LogP contribution in [0.2, 0.25) is 0 Å². The van der Waals surface area contributed by atoms with E-state index in [0.29, 0.717) is 6.42 Å². The first-order chi connectivity index (χ1) is 11.1. The number of methoxy groups -OCH3 is 1. The lowest BCUT2D eigenvalue weighted by Gasteiger charge is -2.14. The number of rotatable bonds is 15. The van der Waals surface area contributed by atoms with E-state index in [4.69, 9.17) is 4.74 Å². The summed E-state index contributed by atoms with van der Waals surface area (Å²) in [6, 6.07) is 0. The molecule has 0 saturated carbocycles. The summed E-state index contributed by atoms with van der Waals surface area (Å²) in [6.45, 7) is 3.57. The lowest BCUT2D eigenvalue weighted by molar-refractivity contribution is -0.165. The van der Waals surface area contributed by atoms with Gasteiger partial charge in [0.25, 0.3) is 0 Å². The second-order valence-electron chi connectivity index (χ2n) is 6.30. The summed E-state index contributed by atoms with van der Waals surface area (Å²) < 4.78 is 9.64. The summed E-state index contributed by atoms with van der Waals surface area (Å²) in [5.41, 5.74) is 0. The molecular weight excluding hydrogens is 292 g/mol. The number of hydrogen-bond acceptors (Lipinski definition) is 4. The van der Waals surface area contributed by atoms with Gasteiger partial charge in [0.05, 0.1) is 7.11 Å². The molecule has 0 bridgehead atoms. The highest BCUT2D eigenvalue weighted by molar-refractivity contribution is 5.78. The van der Waals surface area contributed by atoms with Crippen molar-refractivity contribution in [3.05, 3.63) is 0 Å². The topological polar surface area (TPSA) is 52.6 Å². The van der Waals surface area contributed by atoms with Gasteiger partial charge in [-0.3, -0.25) is 4.79 Å². The maximum absolute atomic E-state index is 11.5. The minimum Gasteiger partial charge on any atom is -0.466 e. The van der Waals surface area contributed by atoms with Crippen LogP contribution in [0, 0.1) is 0 Å². The molecule has 0 radical (unpaired) electrons. The number of hydrogen-bond donors (Lipinski definition) is 0. The summed E-state index contributed by atoms with van der Waals surface area (Å²) in [5.74, 6) is -0.886. The van der Waals surface area contributed by atoms with E-state index in [2.05, 4.69) is 11.7 Å². The van der Waals surface area contributed by atoms with E-state index in [0.717, 1.165) is 12.8 Å². The van der Waals surface area contributed by atoms with Crippen LogP contribution in [0.15, 0.2) is 0 Å². The van der Waals surface area contributed by atoms with Crippen LogP contribution in [0.3, 0.4) is 0 Å². The Hall–Kier alpha value is -1.06. The quantitative estimate of drug-likeness (QED) is 0.307. The maximum Gasteiger partial charge on any atom is 0.347 e. The fourth-order valence-corrected chi connectivity index (χ4v) is 2.73. The lowest BCUT2D eigenvalue weighted by atomic mass is 10.0. The zero-order chi connectivity index (χ0) is 17.3. The van der Waals surface area contributed by atoms with Crippen LogP contribution in [0.4, 0.5) is 0 Å². The Morgan fingerprint density at radius 1 is 0.783 bits per heavy atom. The van der Waals surface area contributed by atoms with Crippen LogP contribution in [0.5, 0.6) is 0 Å². The predicted octanol–water partition coefficient (Wildman–Crippen LogP) is 5.18. The largest absolute Gasteiger partial charge is 0.466 e. The molecule has 0 heterocycles. The van der Waals surface area contributed by atoms with E-state index in [1.54, 1.807) is 0 Å². The van der Waals surface area contributed by atoms with Gasteiger partial charge in [-0.05, 0) is 12.8 Å². The molecule has 0 aromatic rings. The second-order valence-corrected chi connectivity index (χ2v) is 6.30. The third kappa shape index (κ3) is 14.3. The fourth-order valence-electron chi connectivity index (χ4n) is 2.73. The van der Waals surface area contributed by atoms with Crippen LogP contribution in [-0.4, -0.2) is 25.2 Å². The normalized spacial score (nSPS) is 12.0. The molecule has 4 heteroatoms. The van der Waals surface area contributed by atoms with Gasteiger partial charge in [0, 0.05) is 6.92 Å². The first-order valence-electron chi connectivity index (χ1n) is 9.36.